The van der Waals surface area contributed by atoms with E-state index in [1.54, 1.807) is 32.4 Å². The maximum atomic E-state index is 12.1. The van der Waals surface area contributed by atoms with Gasteiger partial charge in [-0.25, -0.2) is 4.79 Å². The molecule has 1 aliphatic heterocycles. The first kappa shape index (κ1) is 26.9. The summed E-state index contributed by atoms with van der Waals surface area (Å²) in [6.45, 7) is 1.80. The number of nitrogens with zero attached hydrogens (tertiary/aromatic N) is 3. The Morgan fingerprint density at radius 2 is 1.80 bits per heavy atom. The van der Waals surface area contributed by atoms with Crippen molar-refractivity contribution >= 4 is 40.6 Å². The molecule has 40 heavy (non-hydrogen) atoms. The molecule has 0 spiro atoms. The average molecular weight is 556 g/mol. The van der Waals surface area contributed by atoms with E-state index in [9.17, 15) is 9.59 Å². The van der Waals surface area contributed by atoms with Crippen LogP contribution in [0.25, 0.3) is 5.69 Å². The second kappa shape index (κ2) is 11.6. The number of pyridine rings is 1. The maximum Gasteiger partial charge on any atom is 0.337 e. The van der Waals surface area contributed by atoms with Crippen molar-refractivity contribution in [2.45, 2.75) is 25.4 Å². The minimum absolute atomic E-state index is 0.103. The van der Waals surface area contributed by atoms with Gasteiger partial charge < -0.3 is 29.6 Å². The molecule has 0 bridgehead atoms. The van der Waals surface area contributed by atoms with E-state index in [4.69, 9.17) is 21.7 Å². The molecule has 2 N–H and O–H groups in total. The summed E-state index contributed by atoms with van der Waals surface area (Å²) in [5, 5.41) is 6.88. The fourth-order valence-corrected chi connectivity index (χ4v) is 5.20. The van der Waals surface area contributed by atoms with Crippen LogP contribution in [0.5, 0.6) is 5.75 Å². The largest absolute Gasteiger partial charge is 0.494 e. The zero-order valence-corrected chi connectivity index (χ0v) is 23.1. The highest BCUT2D eigenvalue weighted by Crippen LogP contribution is 2.43. The molecular weight excluding hydrogens is 526 g/mol. The van der Waals surface area contributed by atoms with E-state index in [1.165, 1.54) is 7.11 Å². The molecule has 3 heterocycles. The number of benzene rings is 2. The van der Waals surface area contributed by atoms with E-state index < -0.39 is 5.97 Å². The normalized spacial score (nSPS) is 16.4. The second-order valence-corrected chi connectivity index (χ2v) is 9.51. The minimum Gasteiger partial charge on any atom is -0.494 e. The number of hydrogen-bond donors (Lipinski definition) is 2. The van der Waals surface area contributed by atoms with E-state index in [0.717, 1.165) is 22.8 Å². The summed E-state index contributed by atoms with van der Waals surface area (Å²) in [6, 6.07) is 22.1. The summed E-state index contributed by atoms with van der Waals surface area (Å²) < 4.78 is 12.6. The monoisotopic (exact) mass is 555 g/mol. The number of rotatable bonds is 8. The lowest BCUT2D eigenvalue weighted by Gasteiger charge is -2.29. The summed E-state index contributed by atoms with van der Waals surface area (Å²) in [5.41, 5.74) is 4.52. The highest BCUT2D eigenvalue weighted by atomic mass is 32.1. The Morgan fingerprint density at radius 1 is 1.02 bits per heavy atom. The fourth-order valence-electron chi connectivity index (χ4n) is 4.85. The van der Waals surface area contributed by atoms with Gasteiger partial charge in [0.15, 0.2) is 5.11 Å². The molecule has 1 saturated heterocycles. The van der Waals surface area contributed by atoms with E-state index >= 15 is 0 Å². The van der Waals surface area contributed by atoms with Crippen molar-refractivity contribution in [1.29, 1.82) is 0 Å². The van der Waals surface area contributed by atoms with Crippen molar-refractivity contribution in [3.63, 3.8) is 0 Å². The van der Waals surface area contributed by atoms with Crippen molar-refractivity contribution in [2.75, 3.05) is 24.4 Å². The number of esters is 1. The third kappa shape index (κ3) is 5.13. The standard InChI is InChI=1S/C30H29N5O4S/c1-4-26(36)32-22-15-14-21(18-25(22)38-2)35-28(27(33-30(35)40)23-8-5-6-16-31-23)24-9-7-17-34(24)20-12-10-19(11-13-20)29(37)39-3/h5-18,27-28H,4H2,1-3H3,(H,32,36)(H,33,40)/t27-,28-/m0/s1. The van der Waals surface area contributed by atoms with Gasteiger partial charge in [-0.3, -0.25) is 9.78 Å². The predicted octanol–water partition coefficient (Wildman–Crippen LogP) is 5.19. The van der Waals surface area contributed by atoms with Gasteiger partial charge in [-0.2, -0.15) is 0 Å². The van der Waals surface area contributed by atoms with Crippen molar-refractivity contribution < 1.29 is 19.1 Å². The summed E-state index contributed by atoms with van der Waals surface area (Å²) in [4.78, 5) is 30.7. The topological polar surface area (TPSA) is 97.7 Å². The lowest BCUT2D eigenvalue weighted by atomic mass is 10.0. The number of nitrogens with one attached hydrogen (secondary N) is 2. The van der Waals surface area contributed by atoms with Gasteiger partial charge in [-0.15, -0.1) is 0 Å². The molecule has 2 aromatic carbocycles. The van der Waals surface area contributed by atoms with Gasteiger partial charge in [0.25, 0.3) is 0 Å². The third-order valence-electron chi connectivity index (χ3n) is 6.81. The van der Waals surface area contributed by atoms with Gasteiger partial charge in [0.2, 0.25) is 5.91 Å². The van der Waals surface area contributed by atoms with E-state index in [1.807, 2.05) is 71.8 Å². The number of hydrogen-bond acceptors (Lipinski definition) is 6. The van der Waals surface area contributed by atoms with Gasteiger partial charge in [0.1, 0.15) is 11.8 Å². The third-order valence-corrected chi connectivity index (χ3v) is 7.12. The van der Waals surface area contributed by atoms with E-state index in [2.05, 4.69) is 20.2 Å². The number of anilines is 2. The highest BCUT2D eigenvalue weighted by Gasteiger charge is 2.42. The highest BCUT2D eigenvalue weighted by molar-refractivity contribution is 7.80. The number of carbonyl (C=O) groups is 2. The molecule has 10 heteroatoms. The van der Waals surface area contributed by atoms with Crippen LogP contribution < -0.4 is 20.3 Å². The van der Waals surface area contributed by atoms with Crippen LogP contribution in [0.1, 0.15) is 47.2 Å². The summed E-state index contributed by atoms with van der Waals surface area (Å²) >= 11 is 5.89. The molecule has 5 rings (SSSR count). The Bertz CT molecular complexity index is 1540. The summed E-state index contributed by atoms with van der Waals surface area (Å²) in [6.07, 6.45) is 4.09. The Balaban J connectivity index is 1.60. The number of amides is 1. The van der Waals surface area contributed by atoms with Crippen LogP contribution in [-0.2, 0) is 9.53 Å². The van der Waals surface area contributed by atoms with Crippen molar-refractivity contribution in [3.05, 3.63) is 102 Å². The number of thiocarbonyl (C=S) groups is 1. The van der Waals surface area contributed by atoms with Crippen LogP contribution in [0.2, 0.25) is 0 Å². The first-order chi connectivity index (χ1) is 19.4. The molecule has 1 fully saturated rings. The fraction of sp³-hybridized carbons (Fsp3) is 0.200. The van der Waals surface area contributed by atoms with Gasteiger partial charge in [-0.1, -0.05) is 13.0 Å². The molecule has 0 unspecified atom stereocenters. The molecule has 2 atom stereocenters. The SMILES string of the molecule is CCC(=O)Nc1ccc(N2C(=S)N[C@@H](c3ccccn3)[C@@H]2c2cccn2-c2ccc(C(=O)OC)cc2)cc1OC. The number of aromatic nitrogens is 2. The Kier molecular flexibility index (Phi) is 7.79. The molecule has 1 amide bonds. The lowest BCUT2D eigenvalue weighted by Crippen LogP contribution is -2.30. The van der Waals surface area contributed by atoms with Crippen LogP contribution in [0.3, 0.4) is 0 Å². The van der Waals surface area contributed by atoms with Crippen molar-refractivity contribution in [2.24, 2.45) is 0 Å². The molecular formula is C30H29N5O4S. The van der Waals surface area contributed by atoms with Gasteiger partial charge in [-0.05, 0) is 72.9 Å². The zero-order chi connectivity index (χ0) is 28.2. The Labute approximate surface area is 237 Å². The molecule has 2 aromatic heterocycles. The molecule has 1 aliphatic rings. The number of ether oxygens (including phenoxy) is 2. The van der Waals surface area contributed by atoms with Crippen LogP contribution >= 0.6 is 12.2 Å². The van der Waals surface area contributed by atoms with Crippen molar-refractivity contribution in [1.82, 2.24) is 14.9 Å². The zero-order valence-electron chi connectivity index (χ0n) is 22.3. The van der Waals surface area contributed by atoms with Crippen LogP contribution in [-0.4, -0.2) is 40.8 Å². The smallest absolute Gasteiger partial charge is 0.337 e. The first-order valence-electron chi connectivity index (χ1n) is 12.8. The molecule has 0 radical (unpaired) electrons. The number of carbonyl (C=O) groups excluding carboxylic acids is 2. The summed E-state index contributed by atoms with van der Waals surface area (Å²) in [7, 11) is 2.93. The van der Waals surface area contributed by atoms with Crippen LogP contribution in [0.4, 0.5) is 11.4 Å². The second-order valence-electron chi connectivity index (χ2n) is 9.12. The van der Waals surface area contributed by atoms with Gasteiger partial charge in [0.05, 0.1) is 37.2 Å². The first-order valence-corrected chi connectivity index (χ1v) is 13.2. The molecule has 0 saturated carbocycles. The average Bonchev–Trinajstić information content (AvgIpc) is 3.61. The minimum atomic E-state index is -0.390. The Hall–Kier alpha value is -4.70. The van der Waals surface area contributed by atoms with E-state index in [-0.39, 0.29) is 18.0 Å². The maximum absolute atomic E-state index is 12.1. The van der Waals surface area contributed by atoms with Crippen molar-refractivity contribution in [3.8, 4) is 11.4 Å². The predicted molar refractivity (Wildman–Crippen MR) is 157 cm³/mol. The lowest BCUT2D eigenvalue weighted by molar-refractivity contribution is -0.115. The molecule has 9 nitrogen and oxygen atoms in total. The molecule has 204 valence electrons. The van der Waals surface area contributed by atoms with Gasteiger partial charge >= 0.3 is 5.97 Å². The molecule has 0 aliphatic carbocycles. The van der Waals surface area contributed by atoms with E-state index in [0.29, 0.717) is 28.5 Å². The number of methoxy groups -OCH3 is 2. The van der Waals surface area contributed by atoms with Crippen LogP contribution in [0.15, 0.2) is 85.2 Å². The quantitative estimate of drug-likeness (QED) is 0.226. The Morgan fingerprint density at radius 3 is 2.48 bits per heavy atom. The summed E-state index contributed by atoms with van der Waals surface area (Å²) in [5.74, 6) is 0.0306. The van der Waals surface area contributed by atoms with Crippen LogP contribution in [0, 0.1) is 0 Å². The molecule has 4 aromatic rings. The van der Waals surface area contributed by atoms with Gasteiger partial charge in [0, 0.05) is 41.9 Å².